The fourth-order valence-corrected chi connectivity index (χ4v) is 4.74. The SMILES string of the molecule is O=C(Cn1c2ccccc2c(=O)c2ccccc21)N1CCC[C@@H]1Cc1ccccc1. The molecule has 1 aliphatic rings. The van der Waals surface area contributed by atoms with E-state index in [1.807, 2.05) is 64.1 Å². The fraction of sp³-hybridized carbons (Fsp3) is 0.231. The molecule has 0 radical (unpaired) electrons. The van der Waals surface area contributed by atoms with Gasteiger partial charge in [0, 0.05) is 23.4 Å². The van der Waals surface area contributed by atoms with Gasteiger partial charge in [0.1, 0.15) is 6.54 Å². The molecule has 0 unspecified atom stereocenters. The lowest BCUT2D eigenvalue weighted by Gasteiger charge is -2.26. The number of pyridine rings is 1. The summed E-state index contributed by atoms with van der Waals surface area (Å²) in [5.74, 6) is 0.118. The van der Waals surface area contributed by atoms with Crippen molar-refractivity contribution in [1.82, 2.24) is 9.47 Å². The highest BCUT2D eigenvalue weighted by molar-refractivity contribution is 5.94. The molecule has 4 aromatic rings. The van der Waals surface area contributed by atoms with Gasteiger partial charge in [-0.1, -0.05) is 54.6 Å². The lowest BCUT2D eigenvalue weighted by Crippen LogP contribution is -2.39. The number of rotatable bonds is 4. The first-order valence-electron chi connectivity index (χ1n) is 10.6. The average molecular weight is 396 g/mol. The minimum atomic E-state index is 0.0213. The number of hydrogen-bond acceptors (Lipinski definition) is 2. The monoisotopic (exact) mass is 396 g/mol. The van der Waals surface area contributed by atoms with Crippen molar-refractivity contribution in [3.05, 3.63) is 94.6 Å². The molecule has 2 heterocycles. The summed E-state index contributed by atoms with van der Waals surface area (Å²) in [4.78, 5) is 28.4. The third-order valence-electron chi connectivity index (χ3n) is 6.18. The number of fused-ring (bicyclic) bond motifs is 2. The van der Waals surface area contributed by atoms with E-state index in [2.05, 4.69) is 24.3 Å². The van der Waals surface area contributed by atoms with Crippen molar-refractivity contribution in [3.63, 3.8) is 0 Å². The van der Waals surface area contributed by atoms with Gasteiger partial charge in [-0.25, -0.2) is 0 Å². The van der Waals surface area contributed by atoms with E-state index in [0.717, 1.165) is 36.8 Å². The van der Waals surface area contributed by atoms with Gasteiger partial charge in [-0.3, -0.25) is 9.59 Å². The Kier molecular flexibility index (Phi) is 4.83. The molecule has 3 aromatic carbocycles. The van der Waals surface area contributed by atoms with Crippen LogP contribution in [0.1, 0.15) is 18.4 Å². The van der Waals surface area contributed by atoms with Gasteiger partial charge >= 0.3 is 0 Å². The lowest BCUT2D eigenvalue weighted by molar-refractivity contribution is -0.132. The molecule has 1 fully saturated rings. The van der Waals surface area contributed by atoms with Crippen molar-refractivity contribution in [3.8, 4) is 0 Å². The summed E-state index contributed by atoms with van der Waals surface area (Å²) >= 11 is 0. The van der Waals surface area contributed by atoms with E-state index in [1.165, 1.54) is 5.56 Å². The van der Waals surface area contributed by atoms with E-state index in [9.17, 15) is 9.59 Å². The number of likely N-dealkylation sites (tertiary alicyclic amines) is 1. The minimum absolute atomic E-state index is 0.0213. The molecular weight excluding hydrogens is 372 g/mol. The highest BCUT2D eigenvalue weighted by Gasteiger charge is 2.29. The Morgan fingerprint density at radius 3 is 2.10 bits per heavy atom. The van der Waals surface area contributed by atoms with Crippen molar-refractivity contribution in [1.29, 1.82) is 0 Å². The van der Waals surface area contributed by atoms with Gasteiger partial charge < -0.3 is 9.47 Å². The zero-order valence-corrected chi connectivity index (χ0v) is 16.8. The quantitative estimate of drug-likeness (QED) is 0.480. The molecule has 150 valence electrons. The fourth-order valence-electron chi connectivity index (χ4n) is 4.74. The van der Waals surface area contributed by atoms with E-state index in [0.29, 0.717) is 10.8 Å². The van der Waals surface area contributed by atoms with Crippen LogP contribution in [-0.4, -0.2) is 28.0 Å². The van der Waals surface area contributed by atoms with Crippen LogP contribution in [0.3, 0.4) is 0 Å². The zero-order valence-electron chi connectivity index (χ0n) is 16.8. The molecule has 1 saturated heterocycles. The summed E-state index contributed by atoms with van der Waals surface area (Å²) in [6, 6.07) is 25.8. The van der Waals surface area contributed by atoms with Crippen LogP contribution in [0.5, 0.6) is 0 Å². The Bertz CT molecular complexity index is 1220. The first-order chi connectivity index (χ1) is 14.7. The Hall–Kier alpha value is -3.40. The topological polar surface area (TPSA) is 42.3 Å². The molecule has 30 heavy (non-hydrogen) atoms. The van der Waals surface area contributed by atoms with Gasteiger partial charge in [0.2, 0.25) is 5.91 Å². The van der Waals surface area contributed by atoms with E-state index >= 15 is 0 Å². The van der Waals surface area contributed by atoms with E-state index < -0.39 is 0 Å². The molecule has 1 atom stereocenters. The summed E-state index contributed by atoms with van der Waals surface area (Å²) in [5.41, 5.74) is 2.91. The summed E-state index contributed by atoms with van der Waals surface area (Å²) in [6.07, 6.45) is 2.96. The molecule has 0 saturated carbocycles. The van der Waals surface area contributed by atoms with E-state index in [-0.39, 0.29) is 23.9 Å². The maximum Gasteiger partial charge on any atom is 0.242 e. The van der Waals surface area contributed by atoms with Gasteiger partial charge in [-0.2, -0.15) is 0 Å². The number of amides is 1. The number of benzene rings is 3. The Morgan fingerprint density at radius 2 is 1.43 bits per heavy atom. The predicted molar refractivity (Wildman–Crippen MR) is 121 cm³/mol. The number of hydrogen-bond donors (Lipinski definition) is 0. The van der Waals surface area contributed by atoms with Crippen molar-refractivity contribution in [2.24, 2.45) is 0 Å². The molecule has 0 N–H and O–H groups in total. The van der Waals surface area contributed by atoms with Gasteiger partial charge in [-0.05, 0) is 49.1 Å². The molecule has 0 aliphatic carbocycles. The number of carbonyl (C=O) groups is 1. The Labute approximate surface area is 175 Å². The van der Waals surface area contributed by atoms with Crippen LogP contribution < -0.4 is 5.43 Å². The summed E-state index contributed by atoms with van der Waals surface area (Å²) in [7, 11) is 0. The minimum Gasteiger partial charge on any atom is -0.338 e. The molecule has 0 bridgehead atoms. The maximum absolute atomic E-state index is 13.4. The number of nitrogens with zero attached hydrogens (tertiary/aromatic N) is 2. The van der Waals surface area contributed by atoms with Gasteiger partial charge in [-0.15, -0.1) is 0 Å². The molecule has 1 aliphatic heterocycles. The van der Waals surface area contributed by atoms with Crippen molar-refractivity contribution in [2.75, 3.05) is 6.54 Å². The van der Waals surface area contributed by atoms with Crippen LogP contribution in [0.25, 0.3) is 21.8 Å². The van der Waals surface area contributed by atoms with Gasteiger partial charge in [0.25, 0.3) is 0 Å². The van der Waals surface area contributed by atoms with Crippen LogP contribution in [0.4, 0.5) is 0 Å². The summed E-state index contributed by atoms with van der Waals surface area (Å²) in [6.45, 7) is 1.04. The number of carbonyl (C=O) groups excluding carboxylic acids is 1. The molecule has 1 aromatic heterocycles. The second-order valence-electron chi connectivity index (χ2n) is 8.02. The van der Waals surface area contributed by atoms with Crippen LogP contribution in [0.2, 0.25) is 0 Å². The van der Waals surface area contributed by atoms with Gasteiger partial charge in [0.05, 0.1) is 11.0 Å². The second kappa shape index (κ2) is 7.79. The largest absolute Gasteiger partial charge is 0.338 e. The highest BCUT2D eigenvalue weighted by atomic mass is 16.2. The smallest absolute Gasteiger partial charge is 0.242 e. The third kappa shape index (κ3) is 3.28. The number of para-hydroxylation sites is 2. The molecule has 1 amide bonds. The molecule has 5 rings (SSSR count). The van der Waals surface area contributed by atoms with Crippen LogP contribution in [0.15, 0.2) is 83.7 Å². The molecule has 4 heteroatoms. The summed E-state index contributed by atoms with van der Waals surface area (Å²) < 4.78 is 2.01. The predicted octanol–water partition coefficient (Wildman–Crippen LogP) is 4.39. The first-order valence-corrected chi connectivity index (χ1v) is 10.6. The third-order valence-corrected chi connectivity index (χ3v) is 6.18. The van der Waals surface area contributed by atoms with E-state index in [4.69, 9.17) is 0 Å². The van der Waals surface area contributed by atoms with Crippen LogP contribution in [-0.2, 0) is 17.8 Å². The van der Waals surface area contributed by atoms with Crippen molar-refractivity contribution < 1.29 is 4.79 Å². The average Bonchev–Trinajstić information content (AvgIpc) is 3.25. The van der Waals surface area contributed by atoms with Crippen molar-refractivity contribution in [2.45, 2.75) is 31.8 Å². The lowest BCUT2D eigenvalue weighted by atomic mass is 10.0. The van der Waals surface area contributed by atoms with Crippen LogP contribution >= 0.6 is 0 Å². The number of aromatic nitrogens is 1. The van der Waals surface area contributed by atoms with E-state index in [1.54, 1.807) is 0 Å². The molecular formula is C26H24N2O2. The second-order valence-corrected chi connectivity index (χ2v) is 8.02. The first kappa shape index (κ1) is 18.6. The normalized spacial score (nSPS) is 16.4. The molecule has 4 nitrogen and oxygen atoms in total. The maximum atomic E-state index is 13.4. The van der Waals surface area contributed by atoms with Gasteiger partial charge in [0.15, 0.2) is 5.43 Å². The molecule has 0 spiro atoms. The highest BCUT2D eigenvalue weighted by Crippen LogP contribution is 2.24. The Morgan fingerprint density at radius 1 is 0.833 bits per heavy atom. The Balaban J connectivity index is 1.51. The standard InChI is InChI=1S/C26H24N2O2/c29-25(27-16-8-11-20(27)17-19-9-2-1-3-10-19)18-28-23-14-6-4-12-21(23)26(30)22-13-5-7-15-24(22)28/h1-7,9-10,12-15,20H,8,11,16-18H2/t20-/m1/s1. The zero-order chi connectivity index (χ0) is 20.5. The van der Waals surface area contributed by atoms with Crippen LogP contribution in [0, 0.1) is 0 Å². The summed E-state index contributed by atoms with van der Waals surface area (Å²) in [5, 5.41) is 1.32. The van der Waals surface area contributed by atoms with Crippen molar-refractivity contribution >= 4 is 27.7 Å².